The van der Waals surface area contributed by atoms with Crippen molar-refractivity contribution < 1.29 is 5.11 Å². The number of aliphatic hydroxyl groups excluding tert-OH is 1. The van der Waals surface area contributed by atoms with E-state index < -0.39 is 0 Å². The van der Waals surface area contributed by atoms with Crippen LogP contribution in [0.4, 0.5) is 0 Å². The molecular formula is C9H20N2O. The first-order valence-corrected chi connectivity index (χ1v) is 4.64. The highest BCUT2D eigenvalue weighted by Crippen LogP contribution is 2.22. The van der Waals surface area contributed by atoms with Gasteiger partial charge < -0.3 is 10.4 Å². The Hall–Kier alpha value is -0.120. The van der Waals surface area contributed by atoms with Gasteiger partial charge in [-0.1, -0.05) is 0 Å². The fourth-order valence-corrected chi connectivity index (χ4v) is 2.09. The monoisotopic (exact) mass is 172 g/mol. The molecule has 0 bridgehead atoms. The Labute approximate surface area is 74.8 Å². The van der Waals surface area contributed by atoms with E-state index in [1.165, 1.54) is 6.42 Å². The lowest BCUT2D eigenvalue weighted by Crippen LogP contribution is -2.50. The molecular weight excluding hydrogens is 152 g/mol. The summed E-state index contributed by atoms with van der Waals surface area (Å²) in [7, 11) is 2.08. The summed E-state index contributed by atoms with van der Waals surface area (Å²) in [5.41, 5.74) is 0.198. The minimum absolute atomic E-state index is 0.198. The van der Waals surface area contributed by atoms with Gasteiger partial charge in [0.15, 0.2) is 0 Å². The van der Waals surface area contributed by atoms with Crippen LogP contribution in [0.2, 0.25) is 0 Å². The molecule has 72 valence electrons. The highest BCUT2D eigenvalue weighted by molar-refractivity contribution is 4.97. The Morgan fingerprint density at radius 1 is 1.58 bits per heavy atom. The summed E-state index contributed by atoms with van der Waals surface area (Å²) in [5.74, 6) is 0. The predicted octanol–water partition coefficient (Wildman–Crippen LogP) is 0.0510. The van der Waals surface area contributed by atoms with E-state index >= 15 is 0 Å². The van der Waals surface area contributed by atoms with Crippen molar-refractivity contribution in [2.75, 3.05) is 26.7 Å². The number of aliphatic hydroxyl groups is 1. The molecule has 12 heavy (non-hydrogen) atoms. The summed E-state index contributed by atoms with van der Waals surface area (Å²) in [5, 5.41) is 12.3. The molecule has 3 nitrogen and oxygen atoms in total. The molecule has 0 spiro atoms. The van der Waals surface area contributed by atoms with Crippen LogP contribution < -0.4 is 5.32 Å². The van der Waals surface area contributed by atoms with Gasteiger partial charge in [-0.05, 0) is 33.9 Å². The van der Waals surface area contributed by atoms with Crippen LogP contribution >= 0.6 is 0 Å². The van der Waals surface area contributed by atoms with Gasteiger partial charge in [0.1, 0.15) is 0 Å². The Morgan fingerprint density at radius 2 is 2.25 bits per heavy atom. The third-order valence-electron chi connectivity index (χ3n) is 2.82. The van der Waals surface area contributed by atoms with Crippen LogP contribution in [0.1, 0.15) is 20.3 Å². The summed E-state index contributed by atoms with van der Waals surface area (Å²) in [6.45, 7) is 6.56. The first-order valence-electron chi connectivity index (χ1n) is 4.64. The summed E-state index contributed by atoms with van der Waals surface area (Å²) in [4.78, 5) is 2.24. The van der Waals surface area contributed by atoms with Crippen LogP contribution in [-0.4, -0.2) is 48.3 Å². The molecule has 1 heterocycles. The van der Waals surface area contributed by atoms with Crippen molar-refractivity contribution in [2.45, 2.75) is 31.8 Å². The number of nitrogens with zero attached hydrogens (tertiary/aromatic N) is 1. The highest BCUT2D eigenvalue weighted by Gasteiger charge is 2.36. The van der Waals surface area contributed by atoms with Crippen molar-refractivity contribution in [3.8, 4) is 0 Å². The van der Waals surface area contributed by atoms with E-state index in [2.05, 4.69) is 31.1 Å². The lowest BCUT2D eigenvalue weighted by atomic mass is 9.96. The van der Waals surface area contributed by atoms with Gasteiger partial charge in [-0.15, -0.1) is 0 Å². The maximum absolute atomic E-state index is 8.81. The minimum atomic E-state index is 0.198. The summed E-state index contributed by atoms with van der Waals surface area (Å²) in [6, 6.07) is 0.560. The van der Waals surface area contributed by atoms with Crippen LogP contribution in [0.3, 0.4) is 0 Å². The van der Waals surface area contributed by atoms with Crippen molar-refractivity contribution in [3.63, 3.8) is 0 Å². The molecule has 0 aliphatic carbocycles. The molecule has 1 aliphatic rings. The van der Waals surface area contributed by atoms with Crippen LogP contribution in [0.25, 0.3) is 0 Å². The zero-order chi connectivity index (χ0) is 9.19. The van der Waals surface area contributed by atoms with Gasteiger partial charge in [0.05, 0.1) is 6.61 Å². The molecule has 1 rings (SSSR count). The standard InChI is InChI=1S/C9H20N2O/c1-9(2)8(4-5-10-9)11(3)6-7-12/h8,10,12H,4-7H2,1-3H3/t8-/m1/s1. The van der Waals surface area contributed by atoms with E-state index in [0.717, 1.165) is 13.1 Å². The largest absolute Gasteiger partial charge is 0.395 e. The molecule has 1 aliphatic heterocycles. The van der Waals surface area contributed by atoms with Crippen molar-refractivity contribution in [1.82, 2.24) is 10.2 Å². The van der Waals surface area contributed by atoms with Crippen LogP contribution in [-0.2, 0) is 0 Å². The summed E-state index contributed by atoms with van der Waals surface area (Å²) in [6.07, 6.45) is 1.18. The second kappa shape index (κ2) is 3.73. The van der Waals surface area contributed by atoms with Crippen molar-refractivity contribution in [3.05, 3.63) is 0 Å². The van der Waals surface area contributed by atoms with E-state index in [9.17, 15) is 0 Å². The molecule has 1 fully saturated rings. The summed E-state index contributed by atoms with van der Waals surface area (Å²) >= 11 is 0. The Balaban J connectivity index is 2.50. The number of nitrogens with one attached hydrogen (secondary N) is 1. The van der Waals surface area contributed by atoms with Gasteiger partial charge in [-0.25, -0.2) is 0 Å². The van der Waals surface area contributed by atoms with Crippen LogP contribution in [0, 0.1) is 0 Å². The average Bonchev–Trinajstić information content (AvgIpc) is 2.30. The zero-order valence-electron chi connectivity index (χ0n) is 8.30. The van der Waals surface area contributed by atoms with Gasteiger partial charge in [-0.2, -0.15) is 0 Å². The molecule has 0 radical (unpaired) electrons. The smallest absolute Gasteiger partial charge is 0.0558 e. The molecule has 1 saturated heterocycles. The van der Waals surface area contributed by atoms with Crippen molar-refractivity contribution in [1.29, 1.82) is 0 Å². The fraction of sp³-hybridized carbons (Fsp3) is 1.00. The van der Waals surface area contributed by atoms with Gasteiger partial charge in [0.2, 0.25) is 0 Å². The molecule has 2 N–H and O–H groups in total. The molecule has 1 atom stereocenters. The van der Waals surface area contributed by atoms with E-state index in [4.69, 9.17) is 5.11 Å². The lowest BCUT2D eigenvalue weighted by Gasteiger charge is -2.34. The van der Waals surface area contributed by atoms with Gasteiger partial charge in [0.25, 0.3) is 0 Å². The van der Waals surface area contributed by atoms with Crippen LogP contribution in [0.5, 0.6) is 0 Å². The van der Waals surface area contributed by atoms with E-state index in [1.807, 2.05) is 0 Å². The van der Waals surface area contributed by atoms with Gasteiger partial charge in [-0.3, -0.25) is 4.90 Å². The number of hydrogen-bond acceptors (Lipinski definition) is 3. The molecule has 0 aromatic heterocycles. The molecule has 0 amide bonds. The Morgan fingerprint density at radius 3 is 2.67 bits per heavy atom. The summed E-state index contributed by atoms with van der Waals surface area (Å²) < 4.78 is 0. The topological polar surface area (TPSA) is 35.5 Å². The van der Waals surface area contributed by atoms with Crippen molar-refractivity contribution in [2.24, 2.45) is 0 Å². The van der Waals surface area contributed by atoms with E-state index in [-0.39, 0.29) is 12.1 Å². The molecule has 0 unspecified atom stereocenters. The predicted molar refractivity (Wildman–Crippen MR) is 50.2 cm³/mol. The number of rotatable bonds is 3. The number of hydrogen-bond donors (Lipinski definition) is 2. The van der Waals surface area contributed by atoms with Gasteiger partial charge in [0, 0.05) is 18.1 Å². The fourth-order valence-electron chi connectivity index (χ4n) is 2.09. The minimum Gasteiger partial charge on any atom is -0.395 e. The molecule has 0 saturated carbocycles. The Bertz CT molecular complexity index is 147. The van der Waals surface area contributed by atoms with E-state index in [0.29, 0.717) is 6.04 Å². The second-order valence-corrected chi connectivity index (χ2v) is 4.16. The average molecular weight is 172 g/mol. The maximum atomic E-state index is 8.81. The second-order valence-electron chi connectivity index (χ2n) is 4.16. The molecule has 3 heteroatoms. The Kier molecular flexibility index (Phi) is 3.09. The first kappa shape index (κ1) is 9.96. The third-order valence-corrected chi connectivity index (χ3v) is 2.82. The lowest BCUT2D eigenvalue weighted by molar-refractivity contribution is 0.145. The first-order chi connectivity index (χ1) is 5.58. The van der Waals surface area contributed by atoms with Crippen LogP contribution in [0.15, 0.2) is 0 Å². The van der Waals surface area contributed by atoms with Gasteiger partial charge >= 0.3 is 0 Å². The quantitative estimate of drug-likeness (QED) is 0.631. The third kappa shape index (κ3) is 1.97. The maximum Gasteiger partial charge on any atom is 0.0558 e. The SMILES string of the molecule is CN(CCO)[C@@H]1CCNC1(C)C. The molecule has 0 aromatic carbocycles. The number of likely N-dealkylation sites (N-methyl/N-ethyl adjacent to an activating group) is 1. The van der Waals surface area contributed by atoms with E-state index in [1.54, 1.807) is 0 Å². The normalized spacial score (nSPS) is 28.2. The zero-order valence-corrected chi connectivity index (χ0v) is 8.30. The van der Waals surface area contributed by atoms with Crippen molar-refractivity contribution >= 4 is 0 Å². The highest BCUT2D eigenvalue weighted by atomic mass is 16.3. The molecule has 0 aromatic rings.